The van der Waals surface area contributed by atoms with E-state index in [1.807, 2.05) is 35.7 Å². The average Bonchev–Trinajstić information content (AvgIpc) is 2.94. The molecule has 3 rings (SSSR count). The van der Waals surface area contributed by atoms with Crippen molar-refractivity contribution in [3.8, 4) is 0 Å². The molecule has 0 saturated carbocycles. The zero-order chi connectivity index (χ0) is 15.0. The van der Waals surface area contributed by atoms with Crippen molar-refractivity contribution in [3.63, 3.8) is 0 Å². The van der Waals surface area contributed by atoms with Gasteiger partial charge in [-0.15, -0.1) is 11.3 Å². The van der Waals surface area contributed by atoms with E-state index in [0.29, 0.717) is 0 Å². The number of fused-ring (bicyclic) bond motifs is 1. The molecule has 1 aromatic heterocycles. The maximum atomic E-state index is 12.7. The third kappa shape index (κ3) is 2.64. The van der Waals surface area contributed by atoms with Crippen LogP contribution in [0.25, 0.3) is 10.1 Å². The van der Waals surface area contributed by atoms with Crippen LogP contribution in [-0.4, -0.2) is 5.78 Å². The second-order valence-electron chi connectivity index (χ2n) is 6.30. The van der Waals surface area contributed by atoms with Gasteiger partial charge in [-0.2, -0.15) is 0 Å². The third-order valence-corrected chi connectivity index (χ3v) is 4.70. The van der Waals surface area contributed by atoms with Crippen LogP contribution in [0.3, 0.4) is 0 Å². The molecule has 0 aliphatic heterocycles. The Morgan fingerprint density at radius 3 is 2.33 bits per heavy atom. The Morgan fingerprint density at radius 1 is 0.952 bits per heavy atom. The van der Waals surface area contributed by atoms with Gasteiger partial charge in [-0.1, -0.05) is 57.2 Å². The summed E-state index contributed by atoms with van der Waals surface area (Å²) < 4.78 is 1.07. The van der Waals surface area contributed by atoms with Crippen LogP contribution < -0.4 is 0 Å². The van der Waals surface area contributed by atoms with Crippen molar-refractivity contribution in [1.82, 2.24) is 0 Å². The zero-order valence-electron chi connectivity index (χ0n) is 12.5. The first-order chi connectivity index (χ1) is 9.97. The molecule has 106 valence electrons. The molecular formula is C19H18OS. The fourth-order valence-corrected chi connectivity index (χ4v) is 3.36. The van der Waals surface area contributed by atoms with Crippen molar-refractivity contribution in [3.05, 3.63) is 70.6 Å². The summed E-state index contributed by atoms with van der Waals surface area (Å²) in [5, 5.41) is 3.17. The molecule has 0 atom stereocenters. The highest BCUT2D eigenvalue weighted by Crippen LogP contribution is 2.27. The summed E-state index contributed by atoms with van der Waals surface area (Å²) in [7, 11) is 0. The maximum Gasteiger partial charge on any atom is 0.194 e. The number of carbonyl (C=O) groups is 1. The van der Waals surface area contributed by atoms with Gasteiger partial charge in [0.25, 0.3) is 0 Å². The molecule has 21 heavy (non-hydrogen) atoms. The normalized spacial score (nSPS) is 11.8. The molecule has 1 heterocycles. The van der Waals surface area contributed by atoms with Crippen molar-refractivity contribution in [2.45, 2.75) is 26.2 Å². The SMILES string of the molecule is CC(C)(C)c1ccc(C(=O)c2cccc3ccsc23)cc1. The van der Waals surface area contributed by atoms with Crippen molar-refractivity contribution >= 4 is 27.2 Å². The van der Waals surface area contributed by atoms with Crippen molar-refractivity contribution in [2.24, 2.45) is 0 Å². The smallest absolute Gasteiger partial charge is 0.194 e. The van der Waals surface area contributed by atoms with Crippen LogP contribution in [0.15, 0.2) is 53.9 Å². The predicted octanol–water partition coefficient (Wildman–Crippen LogP) is 5.43. The minimum Gasteiger partial charge on any atom is -0.289 e. The van der Waals surface area contributed by atoms with E-state index in [2.05, 4.69) is 39.0 Å². The molecule has 0 radical (unpaired) electrons. The van der Waals surface area contributed by atoms with Gasteiger partial charge in [-0.25, -0.2) is 0 Å². The first-order valence-corrected chi connectivity index (χ1v) is 7.96. The summed E-state index contributed by atoms with van der Waals surface area (Å²) in [4.78, 5) is 12.7. The van der Waals surface area contributed by atoms with Gasteiger partial charge in [0.1, 0.15) is 0 Å². The molecule has 0 unspecified atom stereocenters. The Balaban J connectivity index is 2.01. The van der Waals surface area contributed by atoms with E-state index in [9.17, 15) is 4.79 Å². The van der Waals surface area contributed by atoms with E-state index in [1.165, 1.54) is 5.56 Å². The van der Waals surface area contributed by atoms with Gasteiger partial charge in [0.15, 0.2) is 5.78 Å². The zero-order valence-corrected chi connectivity index (χ0v) is 13.3. The molecule has 0 amide bonds. The molecule has 2 aromatic carbocycles. The van der Waals surface area contributed by atoms with E-state index >= 15 is 0 Å². The van der Waals surface area contributed by atoms with Crippen LogP contribution in [0.1, 0.15) is 42.3 Å². The molecule has 0 spiro atoms. The standard InChI is InChI=1S/C19H18OS/c1-19(2,3)15-9-7-13(8-10-15)17(20)16-6-4-5-14-11-12-21-18(14)16/h4-12H,1-3H3. The first kappa shape index (κ1) is 14.0. The predicted molar refractivity (Wildman–Crippen MR) is 90.4 cm³/mol. The average molecular weight is 294 g/mol. The van der Waals surface area contributed by atoms with E-state index in [4.69, 9.17) is 0 Å². The maximum absolute atomic E-state index is 12.7. The lowest BCUT2D eigenvalue weighted by Crippen LogP contribution is -2.11. The third-order valence-electron chi connectivity index (χ3n) is 3.74. The largest absolute Gasteiger partial charge is 0.289 e. The Bertz CT molecular complexity index is 788. The molecule has 2 heteroatoms. The monoisotopic (exact) mass is 294 g/mol. The van der Waals surface area contributed by atoms with Gasteiger partial charge in [-0.3, -0.25) is 4.79 Å². The van der Waals surface area contributed by atoms with Crippen LogP contribution in [0.4, 0.5) is 0 Å². The van der Waals surface area contributed by atoms with E-state index in [1.54, 1.807) is 11.3 Å². The minimum atomic E-state index is 0.100. The number of benzene rings is 2. The fourth-order valence-electron chi connectivity index (χ4n) is 2.45. The number of carbonyl (C=O) groups excluding carboxylic acids is 1. The number of hydrogen-bond donors (Lipinski definition) is 0. The lowest BCUT2D eigenvalue weighted by atomic mass is 9.86. The van der Waals surface area contributed by atoms with Crippen LogP contribution in [0.5, 0.6) is 0 Å². The highest BCUT2D eigenvalue weighted by atomic mass is 32.1. The van der Waals surface area contributed by atoms with Gasteiger partial charge in [0, 0.05) is 15.8 Å². The number of rotatable bonds is 2. The van der Waals surface area contributed by atoms with Gasteiger partial charge in [-0.05, 0) is 33.9 Å². The molecule has 1 nitrogen and oxygen atoms in total. The highest BCUT2D eigenvalue weighted by Gasteiger charge is 2.16. The molecule has 0 N–H and O–H groups in total. The Hall–Kier alpha value is -1.93. The van der Waals surface area contributed by atoms with Crippen molar-refractivity contribution in [2.75, 3.05) is 0 Å². The highest BCUT2D eigenvalue weighted by molar-refractivity contribution is 7.17. The lowest BCUT2D eigenvalue weighted by Gasteiger charge is -2.19. The summed E-state index contributed by atoms with van der Waals surface area (Å²) in [5.41, 5.74) is 2.90. The molecule has 3 aromatic rings. The second kappa shape index (κ2) is 5.12. The summed E-state index contributed by atoms with van der Waals surface area (Å²) >= 11 is 1.62. The Kier molecular flexibility index (Phi) is 3.42. The van der Waals surface area contributed by atoms with E-state index < -0.39 is 0 Å². The minimum absolute atomic E-state index is 0.100. The van der Waals surface area contributed by atoms with Crippen LogP contribution in [0, 0.1) is 0 Å². The topological polar surface area (TPSA) is 17.1 Å². The second-order valence-corrected chi connectivity index (χ2v) is 7.22. The molecule has 0 saturated heterocycles. The van der Waals surface area contributed by atoms with Crippen LogP contribution in [0.2, 0.25) is 0 Å². The van der Waals surface area contributed by atoms with Gasteiger partial charge in [0.05, 0.1) is 0 Å². The van der Waals surface area contributed by atoms with Crippen molar-refractivity contribution < 1.29 is 4.79 Å². The van der Waals surface area contributed by atoms with Gasteiger partial charge >= 0.3 is 0 Å². The van der Waals surface area contributed by atoms with E-state index in [-0.39, 0.29) is 11.2 Å². The molecule has 0 bridgehead atoms. The summed E-state index contributed by atoms with van der Waals surface area (Å²) in [6.45, 7) is 6.53. The molecule has 0 aliphatic rings. The number of thiophene rings is 1. The molecule has 0 fully saturated rings. The number of ketones is 1. The summed E-state index contributed by atoms with van der Waals surface area (Å²) in [6.07, 6.45) is 0. The Labute approximate surface area is 129 Å². The molecular weight excluding hydrogens is 276 g/mol. The van der Waals surface area contributed by atoms with Crippen LogP contribution >= 0.6 is 11.3 Å². The molecule has 0 aliphatic carbocycles. The van der Waals surface area contributed by atoms with E-state index in [0.717, 1.165) is 21.2 Å². The van der Waals surface area contributed by atoms with Gasteiger partial charge < -0.3 is 0 Å². The quantitative estimate of drug-likeness (QED) is 0.576. The summed E-state index contributed by atoms with van der Waals surface area (Å²) in [6, 6.07) is 16.0. The van der Waals surface area contributed by atoms with Crippen molar-refractivity contribution in [1.29, 1.82) is 0 Å². The first-order valence-electron chi connectivity index (χ1n) is 7.08. The Morgan fingerprint density at radius 2 is 1.67 bits per heavy atom. The summed E-state index contributed by atoms with van der Waals surface area (Å²) in [5.74, 6) is 0.100. The van der Waals surface area contributed by atoms with Crippen LogP contribution in [-0.2, 0) is 5.41 Å². The number of hydrogen-bond acceptors (Lipinski definition) is 2. The fraction of sp³-hybridized carbons (Fsp3) is 0.211. The lowest BCUT2D eigenvalue weighted by molar-refractivity contribution is 0.104. The van der Waals surface area contributed by atoms with Gasteiger partial charge in [0.2, 0.25) is 0 Å².